The second-order valence-corrected chi connectivity index (χ2v) is 4.93. The zero-order valence-corrected chi connectivity index (χ0v) is 10.5. The van der Waals surface area contributed by atoms with E-state index in [0.29, 0.717) is 0 Å². The molecule has 0 spiro atoms. The maximum atomic E-state index is 5.82. The molecule has 0 fully saturated rings. The first kappa shape index (κ1) is 13.9. The van der Waals surface area contributed by atoms with Gasteiger partial charge in [-0.3, -0.25) is 0 Å². The topological polar surface area (TPSA) is 32.5 Å². The van der Waals surface area contributed by atoms with Crippen LogP contribution in [0, 0.1) is 5.92 Å². The summed E-state index contributed by atoms with van der Waals surface area (Å²) >= 11 is 0. The number of hydrogen-bond acceptors (Lipinski definition) is 3. The molecule has 0 saturated heterocycles. The van der Waals surface area contributed by atoms with E-state index in [1.807, 2.05) is 0 Å². The van der Waals surface area contributed by atoms with Crippen molar-refractivity contribution in [2.45, 2.75) is 26.8 Å². The molecule has 0 aliphatic carbocycles. The van der Waals surface area contributed by atoms with Gasteiger partial charge in [0.15, 0.2) is 0 Å². The lowest BCUT2D eigenvalue weighted by molar-refractivity contribution is 0.211. The van der Waals surface area contributed by atoms with Gasteiger partial charge in [-0.2, -0.15) is 0 Å². The van der Waals surface area contributed by atoms with Crippen LogP contribution in [0.25, 0.3) is 0 Å². The van der Waals surface area contributed by atoms with E-state index in [1.165, 1.54) is 0 Å². The number of nitrogens with two attached hydrogens (primary N) is 1. The van der Waals surface area contributed by atoms with Crippen molar-refractivity contribution < 1.29 is 0 Å². The first-order chi connectivity index (χ1) is 6.41. The molecular weight excluding hydrogens is 174 g/mol. The number of nitrogens with zero attached hydrogens (tertiary/aromatic N) is 2. The largest absolute Gasteiger partial charge is 0.327 e. The van der Waals surface area contributed by atoms with Gasteiger partial charge in [-0.1, -0.05) is 13.8 Å². The van der Waals surface area contributed by atoms with Gasteiger partial charge in [0.2, 0.25) is 0 Å². The Balaban J connectivity index is 3.84. The second kappa shape index (κ2) is 7.21. The molecule has 86 valence electrons. The van der Waals surface area contributed by atoms with Crippen LogP contribution in [0.2, 0.25) is 0 Å². The van der Waals surface area contributed by atoms with Gasteiger partial charge in [0.1, 0.15) is 0 Å². The molecule has 1 unspecified atom stereocenters. The van der Waals surface area contributed by atoms with Gasteiger partial charge in [0.05, 0.1) is 0 Å². The van der Waals surface area contributed by atoms with Crippen molar-refractivity contribution in [2.75, 3.05) is 40.3 Å². The van der Waals surface area contributed by atoms with E-state index < -0.39 is 0 Å². The predicted molar refractivity (Wildman–Crippen MR) is 63.5 cm³/mol. The van der Waals surface area contributed by atoms with Crippen LogP contribution in [0.3, 0.4) is 0 Å². The fourth-order valence-corrected chi connectivity index (χ4v) is 1.52. The van der Waals surface area contributed by atoms with E-state index in [4.69, 9.17) is 5.73 Å². The van der Waals surface area contributed by atoms with Crippen molar-refractivity contribution in [1.82, 2.24) is 9.80 Å². The van der Waals surface area contributed by atoms with Crippen LogP contribution < -0.4 is 5.73 Å². The quantitative estimate of drug-likeness (QED) is 0.663. The zero-order chi connectivity index (χ0) is 11.1. The molecule has 14 heavy (non-hydrogen) atoms. The molecule has 0 aromatic heterocycles. The summed E-state index contributed by atoms with van der Waals surface area (Å²) in [5, 5.41) is 0. The van der Waals surface area contributed by atoms with Gasteiger partial charge in [-0.25, -0.2) is 0 Å². The van der Waals surface area contributed by atoms with E-state index in [-0.39, 0.29) is 6.04 Å². The highest BCUT2D eigenvalue weighted by atomic mass is 15.2. The first-order valence-corrected chi connectivity index (χ1v) is 5.54. The van der Waals surface area contributed by atoms with Crippen LogP contribution in [0.15, 0.2) is 0 Å². The Morgan fingerprint density at radius 2 is 1.57 bits per heavy atom. The molecule has 3 heteroatoms. The lowest BCUT2D eigenvalue weighted by atomic mass is 10.2. The summed E-state index contributed by atoms with van der Waals surface area (Å²) in [6.07, 6.45) is 0. The van der Waals surface area contributed by atoms with Gasteiger partial charge in [-0.05, 0) is 26.9 Å². The molecule has 0 radical (unpaired) electrons. The lowest BCUT2D eigenvalue weighted by Gasteiger charge is -2.27. The Kier molecular flexibility index (Phi) is 7.15. The minimum absolute atomic E-state index is 0.274. The van der Waals surface area contributed by atoms with Crippen molar-refractivity contribution >= 4 is 0 Å². The molecule has 1 atom stereocenters. The predicted octanol–water partition coefficient (Wildman–Crippen LogP) is 0.853. The van der Waals surface area contributed by atoms with Gasteiger partial charge in [0.25, 0.3) is 0 Å². The number of likely N-dealkylation sites (N-methyl/N-ethyl adjacent to an activating group) is 1. The molecule has 0 amide bonds. The van der Waals surface area contributed by atoms with Crippen LogP contribution in [0.4, 0.5) is 0 Å². The van der Waals surface area contributed by atoms with E-state index >= 15 is 0 Å². The monoisotopic (exact) mass is 201 g/mol. The molecule has 0 aliphatic rings. The fraction of sp³-hybridized carbons (Fsp3) is 1.00. The number of hydrogen-bond donors (Lipinski definition) is 1. The summed E-state index contributed by atoms with van der Waals surface area (Å²) in [5.41, 5.74) is 5.82. The summed E-state index contributed by atoms with van der Waals surface area (Å²) < 4.78 is 0. The lowest BCUT2D eigenvalue weighted by Crippen LogP contribution is -2.41. The van der Waals surface area contributed by atoms with Crippen LogP contribution in [-0.2, 0) is 0 Å². The molecule has 0 heterocycles. The minimum atomic E-state index is 0.274. The molecule has 0 saturated carbocycles. The summed E-state index contributed by atoms with van der Waals surface area (Å²) in [7, 11) is 4.22. The van der Waals surface area contributed by atoms with E-state index in [2.05, 4.69) is 44.7 Å². The highest BCUT2D eigenvalue weighted by Crippen LogP contribution is 1.99. The van der Waals surface area contributed by atoms with Crippen molar-refractivity contribution in [2.24, 2.45) is 11.7 Å². The first-order valence-electron chi connectivity index (χ1n) is 5.54. The maximum absolute atomic E-state index is 5.82. The Labute approximate surface area is 89.2 Å². The van der Waals surface area contributed by atoms with Gasteiger partial charge in [-0.15, -0.1) is 0 Å². The summed E-state index contributed by atoms with van der Waals surface area (Å²) in [4.78, 5) is 4.67. The maximum Gasteiger partial charge on any atom is 0.0139 e. The Morgan fingerprint density at radius 3 is 1.93 bits per heavy atom. The molecule has 0 aromatic rings. The second-order valence-electron chi connectivity index (χ2n) is 4.93. The van der Waals surface area contributed by atoms with E-state index in [1.54, 1.807) is 0 Å². The van der Waals surface area contributed by atoms with Crippen LogP contribution in [-0.4, -0.2) is 56.1 Å². The van der Waals surface area contributed by atoms with E-state index in [0.717, 1.165) is 32.1 Å². The van der Waals surface area contributed by atoms with Crippen molar-refractivity contribution in [3.8, 4) is 0 Å². The summed E-state index contributed by atoms with van der Waals surface area (Å²) in [6, 6.07) is 0.274. The summed E-state index contributed by atoms with van der Waals surface area (Å²) in [5.74, 6) is 0.718. The average Bonchev–Trinajstić information content (AvgIpc) is 1.97. The highest BCUT2D eigenvalue weighted by molar-refractivity contribution is 4.66. The third kappa shape index (κ3) is 8.48. The molecule has 0 aromatic carbocycles. The highest BCUT2D eigenvalue weighted by Gasteiger charge is 2.09. The SMILES string of the molecule is CC(C)CN(CCN(C)C)CC(C)N. The molecule has 0 bridgehead atoms. The van der Waals surface area contributed by atoms with Gasteiger partial charge >= 0.3 is 0 Å². The smallest absolute Gasteiger partial charge is 0.0139 e. The zero-order valence-electron chi connectivity index (χ0n) is 10.5. The Hall–Kier alpha value is -0.120. The minimum Gasteiger partial charge on any atom is -0.327 e. The molecule has 0 aliphatic heterocycles. The van der Waals surface area contributed by atoms with Crippen LogP contribution in [0.1, 0.15) is 20.8 Å². The van der Waals surface area contributed by atoms with Crippen LogP contribution in [0.5, 0.6) is 0 Å². The van der Waals surface area contributed by atoms with Crippen molar-refractivity contribution in [3.63, 3.8) is 0 Å². The fourth-order valence-electron chi connectivity index (χ4n) is 1.52. The van der Waals surface area contributed by atoms with E-state index in [9.17, 15) is 0 Å². The summed E-state index contributed by atoms with van der Waals surface area (Å²) in [6.45, 7) is 11.0. The van der Waals surface area contributed by atoms with Crippen molar-refractivity contribution in [1.29, 1.82) is 0 Å². The molecule has 3 nitrogen and oxygen atoms in total. The molecule has 0 rings (SSSR count). The average molecular weight is 201 g/mol. The van der Waals surface area contributed by atoms with Gasteiger partial charge < -0.3 is 15.5 Å². The standard InChI is InChI=1S/C11H27N3/c1-10(2)8-14(9-11(3)12)7-6-13(4)5/h10-11H,6-9,12H2,1-5H3. The third-order valence-corrected chi connectivity index (χ3v) is 2.03. The molecular formula is C11H27N3. The van der Waals surface area contributed by atoms with Crippen molar-refractivity contribution in [3.05, 3.63) is 0 Å². The third-order valence-electron chi connectivity index (χ3n) is 2.03. The van der Waals surface area contributed by atoms with Crippen LogP contribution >= 0.6 is 0 Å². The van der Waals surface area contributed by atoms with Gasteiger partial charge in [0, 0.05) is 32.2 Å². The molecule has 2 N–H and O–H groups in total. The number of rotatable bonds is 7. The Bertz CT molecular complexity index is 122. The normalized spacial score (nSPS) is 14.4. The Morgan fingerprint density at radius 1 is 1.00 bits per heavy atom.